The van der Waals surface area contributed by atoms with E-state index in [0.29, 0.717) is 19.3 Å². The van der Waals surface area contributed by atoms with Gasteiger partial charge < -0.3 is 15.0 Å². The summed E-state index contributed by atoms with van der Waals surface area (Å²) in [5.74, 6) is -0.157. The highest BCUT2D eigenvalue weighted by Gasteiger charge is 2.35. The Morgan fingerprint density at radius 1 is 1.32 bits per heavy atom. The molecule has 22 heavy (non-hydrogen) atoms. The van der Waals surface area contributed by atoms with Crippen LogP contribution in [-0.2, 0) is 9.53 Å². The number of hydrogen-bond donors (Lipinski definition) is 1. The molecule has 1 N–H and O–H groups in total. The van der Waals surface area contributed by atoms with Gasteiger partial charge >= 0.3 is 6.09 Å². The maximum Gasteiger partial charge on any atom is 0.407 e. The molecule has 0 aromatic rings. The summed E-state index contributed by atoms with van der Waals surface area (Å²) in [5, 5.41) is 6.48. The Morgan fingerprint density at radius 3 is 2.45 bits per heavy atom. The van der Waals surface area contributed by atoms with Gasteiger partial charge in [0.1, 0.15) is 5.60 Å². The summed E-state index contributed by atoms with van der Waals surface area (Å²) in [6.07, 6.45) is 1.09. The molecule has 1 aliphatic rings. The molecule has 0 saturated heterocycles. The summed E-state index contributed by atoms with van der Waals surface area (Å²) < 4.78 is 5.23. The van der Waals surface area contributed by atoms with Crippen molar-refractivity contribution in [3.05, 3.63) is 10.4 Å². The molecule has 1 aliphatic carbocycles. The average Bonchev–Trinajstić information content (AvgIpc) is 2.37. The molecule has 0 aliphatic heterocycles. The van der Waals surface area contributed by atoms with Crippen LogP contribution in [0.5, 0.6) is 0 Å². The van der Waals surface area contributed by atoms with Crippen LogP contribution in [0.25, 0.3) is 10.4 Å². The zero-order valence-electron chi connectivity index (χ0n) is 13.9. The molecule has 1 saturated carbocycles. The lowest BCUT2D eigenvalue weighted by atomic mass is 9.82. The van der Waals surface area contributed by atoms with E-state index in [9.17, 15) is 9.59 Å². The summed E-state index contributed by atoms with van der Waals surface area (Å²) in [7, 11) is 3.41. The zero-order valence-corrected chi connectivity index (χ0v) is 13.9. The van der Waals surface area contributed by atoms with Crippen molar-refractivity contribution in [1.82, 2.24) is 10.2 Å². The van der Waals surface area contributed by atoms with E-state index in [2.05, 4.69) is 15.3 Å². The maximum absolute atomic E-state index is 12.1. The molecule has 0 bridgehead atoms. The largest absolute Gasteiger partial charge is 0.444 e. The fraction of sp³-hybridized carbons (Fsp3) is 0.857. The van der Waals surface area contributed by atoms with Gasteiger partial charge in [0.2, 0.25) is 5.91 Å². The van der Waals surface area contributed by atoms with Gasteiger partial charge in [-0.3, -0.25) is 4.79 Å². The van der Waals surface area contributed by atoms with E-state index in [1.807, 2.05) is 0 Å². The molecule has 1 rings (SSSR count). The van der Waals surface area contributed by atoms with Crippen LogP contribution in [0.1, 0.15) is 40.0 Å². The first-order valence-electron chi connectivity index (χ1n) is 7.39. The van der Waals surface area contributed by atoms with Gasteiger partial charge in [-0.25, -0.2) is 4.79 Å². The number of rotatable bonds is 3. The Balaban J connectivity index is 2.77. The number of nitrogens with one attached hydrogen (secondary N) is 1. The molecule has 124 valence electrons. The normalized spacial score (nSPS) is 24.9. The second-order valence-corrected chi connectivity index (χ2v) is 6.77. The Hall–Kier alpha value is -1.95. The highest BCUT2D eigenvalue weighted by molar-refractivity contribution is 5.78. The first-order chi connectivity index (χ1) is 10.1. The molecule has 0 radical (unpaired) electrons. The molecule has 0 spiro atoms. The lowest BCUT2D eigenvalue weighted by Gasteiger charge is -2.35. The van der Waals surface area contributed by atoms with Gasteiger partial charge in [0.15, 0.2) is 0 Å². The Kier molecular flexibility index (Phi) is 6.05. The monoisotopic (exact) mass is 311 g/mol. The highest BCUT2D eigenvalue weighted by Crippen LogP contribution is 2.28. The smallest absolute Gasteiger partial charge is 0.407 e. The Labute approximate surface area is 130 Å². The third-order valence-corrected chi connectivity index (χ3v) is 3.51. The fourth-order valence-electron chi connectivity index (χ4n) is 2.56. The van der Waals surface area contributed by atoms with Crippen LogP contribution >= 0.6 is 0 Å². The number of amides is 2. The number of carbonyl (C=O) groups is 2. The highest BCUT2D eigenvalue weighted by atomic mass is 16.6. The van der Waals surface area contributed by atoms with Gasteiger partial charge in [0.25, 0.3) is 0 Å². The van der Waals surface area contributed by atoms with Crippen LogP contribution in [0.3, 0.4) is 0 Å². The van der Waals surface area contributed by atoms with E-state index in [1.54, 1.807) is 39.8 Å². The van der Waals surface area contributed by atoms with Crippen molar-refractivity contribution in [2.24, 2.45) is 11.0 Å². The minimum absolute atomic E-state index is 0.0235. The first-order valence-corrected chi connectivity index (χ1v) is 7.39. The lowest BCUT2D eigenvalue weighted by molar-refractivity contribution is -0.134. The Morgan fingerprint density at radius 2 is 1.95 bits per heavy atom. The average molecular weight is 311 g/mol. The van der Waals surface area contributed by atoms with Crippen molar-refractivity contribution in [2.75, 3.05) is 14.1 Å². The molecule has 1 fully saturated rings. The van der Waals surface area contributed by atoms with Crippen LogP contribution in [-0.4, -0.2) is 48.7 Å². The number of alkyl carbamates (subject to hydrolysis) is 1. The first kappa shape index (κ1) is 18.1. The van der Waals surface area contributed by atoms with Crippen LogP contribution in [0, 0.1) is 5.92 Å². The number of azide groups is 1. The van der Waals surface area contributed by atoms with Crippen molar-refractivity contribution in [2.45, 2.75) is 57.7 Å². The molecular formula is C14H25N5O3. The summed E-state index contributed by atoms with van der Waals surface area (Å²) >= 11 is 0. The quantitative estimate of drug-likeness (QED) is 0.491. The predicted molar refractivity (Wildman–Crippen MR) is 82.1 cm³/mol. The standard InChI is InChI=1S/C14H25N5O3/c1-14(2,3)22-13(21)16-11-8-9(12(20)19(4)5)6-7-10(11)17-18-15/h9-11H,6-8H2,1-5H3,(H,16,21)/t9-,10+,11+/m0/s1. The van der Waals surface area contributed by atoms with E-state index < -0.39 is 17.7 Å². The van der Waals surface area contributed by atoms with E-state index in [0.717, 1.165) is 0 Å². The van der Waals surface area contributed by atoms with Gasteiger partial charge in [-0.15, -0.1) is 0 Å². The SMILES string of the molecule is CN(C)C(=O)[C@H]1CC[C@@H](N=[N+]=[N-])[C@H](NC(=O)OC(C)(C)C)C1. The fourth-order valence-corrected chi connectivity index (χ4v) is 2.56. The van der Waals surface area contributed by atoms with Crippen molar-refractivity contribution < 1.29 is 14.3 Å². The second kappa shape index (κ2) is 7.35. The minimum atomic E-state index is -0.606. The van der Waals surface area contributed by atoms with Crippen LogP contribution < -0.4 is 5.32 Å². The molecule has 0 aromatic carbocycles. The predicted octanol–water partition coefficient (Wildman–Crippen LogP) is 2.45. The number of carbonyl (C=O) groups excluding carboxylic acids is 2. The van der Waals surface area contributed by atoms with E-state index in [1.165, 1.54) is 0 Å². The summed E-state index contributed by atoms with van der Waals surface area (Å²) in [4.78, 5) is 28.4. The lowest BCUT2D eigenvalue weighted by Crippen LogP contribution is -2.49. The van der Waals surface area contributed by atoms with Gasteiger partial charge in [0, 0.05) is 31.0 Å². The van der Waals surface area contributed by atoms with Crippen LogP contribution in [0.15, 0.2) is 5.11 Å². The molecule has 8 nitrogen and oxygen atoms in total. The Bertz CT molecular complexity index is 466. The number of ether oxygens (including phenoxy) is 1. The number of hydrogen-bond acceptors (Lipinski definition) is 4. The summed E-state index contributed by atoms with van der Waals surface area (Å²) in [6, 6.07) is -0.753. The molecule has 0 unspecified atom stereocenters. The molecule has 2 amide bonds. The number of nitrogens with zero attached hydrogens (tertiary/aromatic N) is 4. The van der Waals surface area contributed by atoms with Crippen molar-refractivity contribution >= 4 is 12.0 Å². The van der Waals surface area contributed by atoms with Gasteiger partial charge in [-0.1, -0.05) is 5.11 Å². The van der Waals surface area contributed by atoms with Crippen molar-refractivity contribution in [3.8, 4) is 0 Å². The minimum Gasteiger partial charge on any atom is -0.444 e. The van der Waals surface area contributed by atoms with Gasteiger partial charge in [-0.2, -0.15) is 0 Å². The third kappa shape index (κ3) is 5.44. The van der Waals surface area contributed by atoms with Crippen molar-refractivity contribution in [3.63, 3.8) is 0 Å². The molecular weight excluding hydrogens is 286 g/mol. The topological polar surface area (TPSA) is 107 Å². The van der Waals surface area contributed by atoms with E-state index in [4.69, 9.17) is 10.3 Å². The van der Waals surface area contributed by atoms with E-state index >= 15 is 0 Å². The zero-order chi connectivity index (χ0) is 16.9. The third-order valence-electron chi connectivity index (χ3n) is 3.51. The molecule has 0 heterocycles. The van der Waals surface area contributed by atoms with Crippen LogP contribution in [0.2, 0.25) is 0 Å². The van der Waals surface area contributed by atoms with Gasteiger partial charge in [-0.05, 0) is 45.6 Å². The van der Waals surface area contributed by atoms with Crippen LogP contribution in [0.4, 0.5) is 4.79 Å². The second-order valence-electron chi connectivity index (χ2n) is 6.77. The van der Waals surface area contributed by atoms with Gasteiger partial charge in [0.05, 0.1) is 6.04 Å². The van der Waals surface area contributed by atoms with E-state index in [-0.39, 0.29) is 17.9 Å². The molecule has 8 heteroatoms. The summed E-state index contributed by atoms with van der Waals surface area (Å²) in [6.45, 7) is 5.32. The maximum atomic E-state index is 12.1. The van der Waals surface area contributed by atoms with Crippen molar-refractivity contribution in [1.29, 1.82) is 0 Å². The molecule has 0 aromatic heterocycles. The molecule has 3 atom stereocenters. The summed E-state index contributed by atoms with van der Waals surface area (Å²) in [5.41, 5.74) is 8.05.